The molecule has 3 N–H and O–H groups in total. The molecule has 2 aromatic rings. The van der Waals surface area contributed by atoms with E-state index in [4.69, 9.17) is 10.1 Å². The van der Waals surface area contributed by atoms with Gasteiger partial charge >= 0.3 is 3.93 Å². The molecule has 1 spiro atoms. The van der Waals surface area contributed by atoms with Crippen LogP contribution in [0, 0.1) is 16.7 Å². The zero-order valence-electron chi connectivity index (χ0n) is 18.1. The van der Waals surface area contributed by atoms with Crippen LogP contribution < -0.4 is 10.6 Å². The Morgan fingerprint density at radius 3 is 2.68 bits per heavy atom. The number of benzene rings is 2. The monoisotopic (exact) mass is 577 g/mol. The summed E-state index contributed by atoms with van der Waals surface area (Å²) in [6.45, 7) is 1.18. The molecule has 5 rings (SSSR count). The van der Waals surface area contributed by atoms with Crippen molar-refractivity contribution >= 4 is 45.8 Å². The zero-order valence-corrected chi connectivity index (χ0v) is 20.3. The molecule has 2 saturated heterocycles. The Morgan fingerprint density at radius 1 is 1.24 bits per heavy atom. The summed E-state index contributed by atoms with van der Waals surface area (Å²) < 4.78 is 29.7. The van der Waals surface area contributed by atoms with Gasteiger partial charge in [-0.1, -0.05) is 18.2 Å². The van der Waals surface area contributed by atoms with Gasteiger partial charge < -0.3 is 15.4 Å². The number of carbonyl (C=O) groups excluding carboxylic acids is 1. The van der Waals surface area contributed by atoms with E-state index in [1.807, 2.05) is 24.3 Å². The van der Waals surface area contributed by atoms with Crippen molar-refractivity contribution in [3.63, 3.8) is 0 Å². The third-order valence-corrected chi connectivity index (χ3v) is 7.41. The van der Waals surface area contributed by atoms with E-state index < -0.39 is 9.47 Å². The molecule has 2 aliphatic heterocycles. The number of hydrogen-bond donors (Lipinski definition) is 3. The summed E-state index contributed by atoms with van der Waals surface area (Å²) in [5, 5.41) is 24.5. The standard InChI is InChI=1S/C24H22F2IN5O2/c25-24(26,27)15-4-5-19(14(10-15)13-28)30-20-3-1-2-18-17(20)11-23(18)12-21(33)32(22(29)31-23)16-6-8-34-9-7-16/h1-5,10,16,30H,6-9,11-12H2,(H2,29,31)/t23-/m0/s1. The summed E-state index contributed by atoms with van der Waals surface area (Å²) in [6, 6.07) is 11.6. The zero-order chi connectivity index (χ0) is 24.1. The molecule has 176 valence electrons. The molecule has 0 aromatic heterocycles. The quantitative estimate of drug-likeness (QED) is 0.368. The van der Waals surface area contributed by atoms with Crippen molar-refractivity contribution in [2.24, 2.45) is 0 Å². The summed E-state index contributed by atoms with van der Waals surface area (Å²) in [5.41, 5.74) is 2.36. The first-order valence-corrected chi connectivity index (χ1v) is 12.1. The number of amides is 1. The van der Waals surface area contributed by atoms with Crippen LogP contribution in [0.1, 0.15) is 41.5 Å². The van der Waals surface area contributed by atoms with Crippen LogP contribution in [0.2, 0.25) is 0 Å². The predicted molar refractivity (Wildman–Crippen MR) is 130 cm³/mol. The highest BCUT2D eigenvalue weighted by atomic mass is 127. The highest BCUT2D eigenvalue weighted by Gasteiger charge is 2.51. The van der Waals surface area contributed by atoms with Crippen molar-refractivity contribution in [3.05, 3.63) is 58.7 Å². The van der Waals surface area contributed by atoms with Crippen LogP contribution in [0.15, 0.2) is 36.4 Å². The lowest BCUT2D eigenvalue weighted by atomic mass is 9.67. The van der Waals surface area contributed by atoms with E-state index in [2.05, 4.69) is 10.6 Å². The third-order valence-electron chi connectivity index (χ3n) is 6.78. The largest absolute Gasteiger partial charge is 0.381 e. The number of nitrogens with zero attached hydrogens (tertiary/aromatic N) is 2. The fraction of sp³-hybridized carbons (Fsp3) is 0.375. The van der Waals surface area contributed by atoms with Gasteiger partial charge in [-0.05, 0) is 42.2 Å². The van der Waals surface area contributed by atoms with Gasteiger partial charge in [0.1, 0.15) is 6.07 Å². The lowest BCUT2D eigenvalue weighted by Crippen LogP contribution is -2.66. The molecule has 1 atom stereocenters. The van der Waals surface area contributed by atoms with Crippen LogP contribution in [0.25, 0.3) is 0 Å². The average molecular weight is 577 g/mol. The van der Waals surface area contributed by atoms with Gasteiger partial charge in [0.05, 0.1) is 23.2 Å². The van der Waals surface area contributed by atoms with E-state index in [0.717, 1.165) is 52.2 Å². The topological polar surface area (TPSA) is 101 Å². The van der Waals surface area contributed by atoms with E-state index in [1.54, 1.807) is 4.90 Å². The molecule has 1 amide bonds. The van der Waals surface area contributed by atoms with Gasteiger partial charge in [0.15, 0.2) is 5.96 Å². The fourth-order valence-electron chi connectivity index (χ4n) is 5.10. The Balaban J connectivity index is 1.39. The Kier molecular flexibility index (Phi) is 5.72. The number of fused-ring (bicyclic) bond motifs is 2. The van der Waals surface area contributed by atoms with Crippen molar-refractivity contribution in [1.82, 2.24) is 10.2 Å². The summed E-state index contributed by atoms with van der Waals surface area (Å²) in [5.74, 6) is 0.0518. The molecule has 2 heterocycles. The van der Waals surface area contributed by atoms with Crippen molar-refractivity contribution in [2.45, 2.75) is 41.2 Å². The van der Waals surface area contributed by atoms with Gasteiger partial charge in [0.2, 0.25) is 5.91 Å². The Labute approximate surface area is 209 Å². The maximum Gasteiger partial charge on any atom is 0.321 e. The van der Waals surface area contributed by atoms with E-state index in [0.29, 0.717) is 25.3 Å². The second kappa shape index (κ2) is 8.46. The van der Waals surface area contributed by atoms with E-state index in [-0.39, 0.29) is 35.5 Å². The SMILES string of the molecule is N#Cc1cc(C(F)(F)I)ccc1Nc1cccc2c1C[C@]21CC(=O)N(C2CCOCC2)C(=N)N1. The summed E-state index contributed by atoms with van der Waals surface area (Å²) in [7, 11) is 0. The molecule has 3 aliphatic rings. The predicted octanol–water partition coefficient (Wildman–Crippen LogP) is 4.47. The van der Waals surface area contributed by atoms with E-state index in [9.17, 15) is 18.8 Å². The molecule has 7 nitrogen and oxygen atoms in total. The number of guanidine groups is 1. The lowest BCUT2D eigenvalue weighted by Gasteiger charge is -2.51. The average Bonchev–Trinajstić information content (AvgIpc) is 2.79. The number of nitrogens with one attached hydrogen (secondary N) is 3. The number of halogens is 3. The molecule has 34 heavy (non-hydrogen) atoms. The Hall–Kier alpha value is -2.78. The smallest absolute Gasteiger partial charge is 0.321 e. The fourth-order valence-corrected chi connectivity index (χ4v) is 5.43. The Morgan fingerprint density at radius 2 is 2.00 bits per heavy atom. The van der Waals surface area contributed by atoms with Crippen LogP contribution >= 0.6 is 22.6 Å². The number of nitriles is 1. The van der Waals surface area contributed by atoms with Gasteiger partial charge in [-0.2, -0.15) is 14.0 Å². The second-order valence-electron chi connectivity index (χ2n) is 8.84. The molecule has 0 unspecified atom stereocenters. The summed E-state index contributed by atoms with van der Waals surface area (Å²) in [6.07, 6.45) is 2.23. The second-order valence-corrected chi connectivity index (χ2v) is 10.2. The minimum absolute atomic E-state index is 0.0200. The molecule has 1 aliphatic carbocycles. The summed E-state index contributed by atoms with van der Waals surface area (Å²) >= 11 is 1.04. The molecule has 0 radical (unpaired) electrons. The van der Waals surface area contributed by atoms with Crippen LogP contribution in [0.5, 0.6) is 0 Å². The molecular weight excluding hydrogens is 555 g/mol. The van der Waals surface area contributed by atoms with Crippen molar-refractivity contribution in [1.29, 1.82) is 10.7 Å². The number of carbonyl (C=O) groups is 1. The Bertz CT molecular complexity index is 1200. The normalized spacial score (nSPS) is 22.6. The molecule has 0 bridgehead atoms. The lowest BCUT2D eigenvalue weighted by molar-refractivity contribution is -0.134. The first-order valence-electron chi connectivity index (χ1n) is 11.0. The first kappa shape index (κ1) is 23.0. The maximum atomic E-state index is 13.7. The van der Waals surface area contributed by atoms with Crippen molar-refractivity contribution in [2.75, 3.05) is 18.5 Å². The van der Waals surface area contributed by atoms with Gasteiger partial charge in [-0.25, -0.2) is 0 Å². The van der Waals surface area contributed by atoms with Crippen LogP contribution in [0.4, 0.5) is 20.2 Å². The number of hydrogen-bond acceptors (Lipinski definition) is 5. The summed E-state index contributed by atoms with van der Waals surface area (Å²) in [4.78, 5) is 14.7. The minimum Gasteiger partial charge on any atom is -0.381 e. The highest BCUT2D eigenvalue weighted by Crippen LogP contribution is 2.48. The van der Waals surface area contributed by atoms with E-state index >= 15 is 0 Å². The first-order chi connectivity index (χ1) is 16.2. The van der Waals surface area contributed by atoms with Gasteiger partial charge in [-0.15, -0.1) is 0 Å². The number of rotatable bonds is 4. The molecule has 2 fully saturated rings. The van der Waals surface area contributed by atoms with Crippen LogP contribution in [-0.4, -0.2) is 36.0 Å². The number of ether oxygens (including phenoxy) is 1. The van der Waals surface area contributed by atoms with Gasteiger partial charge in [-0.3, -0.25) is 15.1 Å². The van der Waals surface area contributed by atoms with Crippen LogP contribution in [0.3, 0.4) is 0 Å². The van der Waals surface area contributed by atoms with Crippen molar-refractivity contribution < 1.29 is 18.3 Å². The number of alkyl halides is 3. The van der Waals surface area contributed by atoms with Crippen LogP contribution in [-0.2, 0) is 25.4 Å². The maximum absolute atomic E-state index is 13.7. The van der Waals surface area contributed by atoms with E-state index in [1.165, 1.54) is 18.2 Å². The number of anilines is 2. The molecule has 10 heteroatoms. The van der Waals surface area contributed by atoms with Gasteiger partial charge in [0.25, 0.3) is 0 Å². The highest BCUT2D eigenvalue weighted by molar-refractivity contribution is 14.1. The molecule has 0 saturated carbocycles. The minimum atomic E-state index is -3.06. The molecule has 2 aromatic carbocycles. The molecular formula is C24H22F2IN5O2. The van der Waals surface area contributed by atoms with Crippen molar-refractivity contribution in [3.8, 4) is 6.07 Å². The third kappa shape index (κ3) is 3.90. The van der Waals surface area contributed by atoms with Gasteiger partial charge in [0, 0.05) is 59.5 Å².